The number of benzene rings is 2. The number of aliphatic imine (C=N–C) groups is 1. The third kappa shape index (κ3) is 7.49. The lowest BCUT2D eigenvalue weighted by atomic mass is 9.96. The summed E-state index contributed by atoms with van der Waals surface area (Å²) in [6, 6.07) is 16.8. The number of hydrogen-bond acceptors (Lipinski definition) is 4. The van der Waals surface area contributed by atoms with Gasteiger partial charge in [0, 0.05) is 6.54 Å². The summed E-state index contributed by atoms with van der Waals surface area (Å²) in [6.07, 6.45) is 0. The van der Waals surface area contributed by atoms with Gasteiger partial charge in [0.05, 0.1) is 18.8 Å². The Morgan fingerprint density at radius 2 is 1.76 bits per heavy atom. The Morgan fingerprint density at radius 1 is 1.07 bits per heavy atom. The summed E-state index contributed by atoms with van der Waals surface area (Å²) < 4.78 is 25.8. The second-order valence-corrected chi connectivity index (χ2v) is 8.90. The largest absolute Gasteiger partial charge is 0.384 e. The van der Waals surface area contributed by atoms with Gasteiger partial charge < -0.3 is 15.7 Å². The molecule has 0 aliphatic heterocycles. The molecule has 0 bridgehead atoms. The Morgan fingerprint density at radius 3 is 2.41 bits per heavy atom. The summed E-state index contributed by atoms with van der Waals surface area (Å²) in [4.78, 5) is 4.56. The maximum atomic E-state index is 11.7. The van der Waals surface area contributed by atoms with E-state index in [1.807, 2.05) is 55.5 Å². The van der Waals surface area contributed by atoms with Gasteiger partial charge in [-0.15, -0.1) is 0 Å². The van der Waals surface area contributed by atoms with E-state index in [2.05, 4.69) is 20.3 Å². The van der Waals surface area contributed by atoms with Crippen LogP contribution in [0, 0.1) is 0 Å². The SMILES string of the molecule is CCNC(=NCc1cccc(CS(=O)(=O)NC)c1)NCC(C)(O)c1ccccc1. The topological polar surface area (TPSA) is 103 Å². The zero-order chi connectivity index (χ0) is 21.3. The Balaban J connectivity index is 2.05. The first-order chi connectivity index (χ1) is 13.8. The highest BCUT2D eigenvalue weighted by Gasteiger charge is 2.22. The first-order valence-electron chi connectivity index (χ1n) is 9.55. The molecule has 2 rings (SSSR count). The Labute approximate surface area is 173 Å². The van der Waals surface area contributed by atoms with Crippen molar-refractivity contribution in [2.75, 3.05) is 20.1 Å². The van der Waals surface area contributed by atoms with Crippen LogP contribution in [0.15, 0.2) is 59.6 Å². The molecule has 0 amide bonds. The second kappa shape index (κ2) is 10.4. The molecule has 7 nitrogen and oxygen atoms in total. The molecule has 29 heavy (non-hydrogen) atoms. The molecule has 0 radical (unpaired) electrons. The van der Waals surface area contributed by atoms with E-state index in [1.54, 1.807) is 13.0 Å². The minimum absolute atomic E-state index is 0.0701. The van der Waals surface area contributed by atoms with E-state index in [1.165, 1.54) is 7.05 Å². The minimum Gasteiger partial charge on any atom is -0.384 e. The highest BCUT2D eigenvalue weighted by Crippen LogP contribution is 2.18. The van der Waals surface area contributed by atoms with Crippen LogP contribution in [-0.2, 0) is 27.9 Å². The van der Waals surface area contributed by atoms with Crippen molar-refractivity contribution in [2.45, 2.75) is 31.7 Å². The summed E-state index contributed by atoms with van der Waals surface area (Å²) in [7, 11) is -1.91. The lowest BCUT2D eigenvalue weighted by Gasteiger charge is -2.25. The third-order valence-electron chi connectivity index (χ3n) is 4.42. The van der Waals surface area contributed by atoms with Crippen LogP contribution >= 0.6 is 0 Å². The molecule has 0 saturated carbocycles. The summed E-state index contributed by atoms with van der Waals surface area (Å²) >= 11 is 0. The lowest BCUT2D eigenvalue weighted by molar-refractivity contribution is 0.0617. The maximum absolute atomic E-state index is 11.7. The van der Waals surface area contributed by atoms with Crippen molar-refractivity contribution >= 4 is 16.0 Å². The van der Waals surface area contributed by atoms with Crippen molar-refractivity contribution in [3.05, 3.63) is 71.3 Å². The summed E-state index contributed by atoms with van der Waals surface area (Å²) in [5.41, 5.74) is 1.39. The van der Waals surface area contributed by atoms with Gasteiger partial charge in [-0.25, -0.2) is 18.1 Å². The predicted octanol–water partition coefficient (Wildman–Crippen LogP) is 1.70. The van der Waals surface area contributed by atoms with Crippen LogP contribution < -0.4 is 15.4 Å². The number of sulfonamides is 1. The molecule has 158 valence electrons. The zero-order valence-electron chi connectivity index (χ0n) is 17.1. The van der Waals surface area contributed by atoms with E-state index in [0.717, 1.165) is 11.1 Å². The fourth-order valence-electron chi connectivity index (χ4n) is 2.78. The molecule has 1 unspecified atom stereocenters. The highest BCUT2D eigenvalue weighted by atomic mass is 32.2. The second-order valence-electron chi connectivity index (χ2n) is 6.97. The number of nitrogens with one attached hydrogen (secondary N) is 3. The van der Waals surface area contributed by atoms with E-state index in [-0.39, 0.29) is 5.75 Å². The van der Waals surface area contributed by atoms with Gasteiger partial charge in [0.1, 0.15) is 5.60 Å². The van der Waals surface area contributed by atoms with Crippen LogP contribution in [0.3, 0.4) is 0 Å². The first-order valence-corrected chi connectivity index (χ1v) is 11.2. The molecule has 4 N–H and O–H groups in total. The van der Waals surface area contributed by atoms with Gasteiger partial charge >= 0.3 is 0 Å². The van der Waals surface area contributed by atoms with Gasteiger partial charge in [-0.2, -0.15) is 0 Å². The van der Waals surface area contributed by atoms with Gasteiger partial charge in [0.15, 0.2) is 5.96 Å². The third-order valence-corrected chi connectivity index (χ3v) is 5.75. The van der Waals surface area contributed by atoms with Crippen molar-refractivity contribution in [3.63, 3.8) is 0 Å². The van der Waals surface area contributed by atoms with Crippen molar-refractivity contribution in [1.29, 1.82) is 0 Å². The number of rotatable bonds is 9. The lowest BCUT2D eigenvalue weighted by Crippen LogP contribution is -2.44. The summed E-state index contributed by atoms with van der Waals surface area (Å²) in [5, 5.41) is 17.1. The van der Waals surface area contributed by atoms with E-state index in [0.29, 0.717) is 31.2 Å². The molecule has 0 heterocycles. The van der Waals surface area contributed by atoms with Crippen LogP contribution in [0.1, 0.15) is 30.5 Å². The zero-order valence-corrected chi connectivity index (χ0v) is 18.0. The molecule has 0 fully saturated rings. The molecule has 0 aromatic heterocycles. The Hall–Kier alpha value is -2.42. The van der Waals surface area contributed by atoms with Crippen molar-refractivity contribution in [3.8, 4) is 0 Å². The molecule has 0 aliphatic rings. The fourth-order valence-corrected chi connectivity index (χ4v) is 3.54. The number of guanidine groups is 1. The Kier molecular flexibility index (Phi) is 8.19. The van der Waals surface area contributed by atoms with Crippen LogP contribution in [0.2, 0.25) is 0 Å². The first kappa shape index (κ1) is 22.9. The Bertz CT molecular complexity index is 913. The smallest absolute Gasteiger partial charge is 0.215 e. The van der Waals surface area contributed by atoms with E-state index in [9.17, 15) is 13.5 Å². The molecule has 8 heteroatoms. The van der Waals surface area contributed by atoms with Crippen molar-refractivity contribution < 1.29 is 13.5 Å². The monoisotopic (exact) mass is 418 g/mol. The van der Waals surface area contributed by atoms with Gasteiger partial charge in [-0.1, -0.05) is 54.6 Å². The van der Waals surface area contributed by atoms with Gasteiger partial charge in [-0.3, -0.25) is 0 Å². The molecule has 0 aliphatic carbocycles. The molecule has 1 atom stereocenters. The van der Waals surface area contributed by atoms with Crippen LogP contribution in [0.25, 0.3) is 0 Å². The van der Waals surface area contributed by atoms with Gasteiger partial charge in [-0.05, 0) is 37.6 Å². The predicted molar refractivity (Wildman–Crippen MR) is 117 cm³/mol. The molecule has 0 spiro atoms. The molecule has 0 saturated heterocycles. The van der Waals surface area contributed by atoms with Crippen molar-refractivity contribution in [1.82, 2.24) is 15.4 Å². The number of aliphatic hydroxyl groups is 1. The van der Waals surface area contributed by atoms with Crippen molar-refractivity contribution in [2.24, 2.45) is 4.99 Å². The van der Waals surface area contributed by atoms with Crippen LogP contribution in [0.5, 0.6) is 0 Å². The standard InChI is InChI=1S/C21H30N4O3S/c1-4-23-20(25-16-21(2,26)19-11-6-5-7-12-19)24-14-17-9-8-10-18(13-17)15-29(27,28)22-3/h5-13,22,26H,4,14-16H2,1-3H3,(H2,23,24,25). The maximum Gasteiger partial charge on any atom is 0.215 e. The highest BCUT2D eigenvalue weighted by molar-refractivity contribution is 7.88. The molecule has 2 aromatic rings. The number of hydrogen-bond donors (Lipinski definition) is 4. The van der Waals surface area contributed by atoms with Gasteiger partial charge in [0.25, 0.3) is 0 Å². The average Bonchev–Trinajstić information content (AvgIpc) is 2.71. The average molecular weight is 419 g/mol. The van der Waals surface area contributed by atoms with Crippen LogP contribution in [-0.4, -0.2) is 39.6 Å². The molecular weight excluding hydrogens is 388 g/mol. The normalized spacial score (nSPS) is 14.3. The summed E-state index contributed by atoms with van der Waals surface area (Å²) in [5.74, 6) is 0.510. The van der Waals surface area contributed by atoms with Gasteiger partial charge in [0.2, 0.25) is 10.0 Å². The molecule has 2 aromatic carbocycles. The molecular formula is C21H30N4O3S. The number of nitrogens with zero attached hydrogens (tertiary/aromatic N) is 1. The van der Waals surface area contributed by atoms with Crippen LogP contribution in [0.4, 0.5) is 0 Å². The van der Waals surface area contributed by atoms with E-state index >= 15 is 0 Å². The minimum atomic E-state index is -3.32. The fraction of sp³-hybridized carbons (Fsp3) is 0.381. The van der Waals surface area contributed by atoms with E-state index < -0.39 is 15.6 Å². The summed E-state index contributed by atoms with van der Waals surface area (Å²) in [6.45, 7) is 5.08. The van der Waals surface area contributed by atoms with E-state index in [4.69, 9.17) is 0 Å². The quantitative estimate of drug-likeness (QED) is 0.367.